The molecule has 0 aliphatic rings. The van der Waals surface area contributed by atoms with Crippen LogP contribution in [0.2, 0.25) is 0 Å². The standard InChI is InChI=1S/C23H20N2O3/c1-2-27-23(26)21-15-18-14-19(28-16-17-8-4-3-5-9-17)11-12-20(18)25(21)22-10-6-7-13-24-22/h3-15H,2,16H2,1H3. The highest BCUT2D eigenvalue weighted by Crippen LogP contribution is 2.28. The van der Waals surface area contributed by atoms with Gasteiger partial charge in [-0.15, -0.1) is 0 Å². The van der Waals surface area contributed by atoms with Gasteiger partial charge < -0.3 is 9.47 Å². The number of carbonyl (C=O) groups is 1. The van der Waals surface area contributed by atoms with Crippen LogP contribution in [-0.2, 0) is 11.3 Å². The summed E-state index contributed by atoms with van der Waals surface area (Å²) >= 11 is 0. The Morgan fingerprint density at radius 2 is 1.82 bits per heavy atom. The molecule has 5 heteroatoms. The van der Waals surface area contributed by atoms with Crippen LogP contribution in [0.3, 0.4) is 0 Å². The molecule has 28 heavy (non-hydrogen) atoms. The Balaban J connectivity index is 1.72. The van der Waals surface area contributed by atoms with E-state index in [1.54, 1.807) is 13.1 Å². The SMILES string of the molecule is CCOC(=O)c1cc2cc(OCc3ccccc3)ccc2n1-c1ccccn1. The van der Waals surface area contributed by atoms with Crippen LogP contribution in [0.5, 0.6) is 5.75 Å². The van der Waals surface area contributed by atoms with Crippen LogP contribution in [0.4, 0.5) is 0 Å². The number of fused-ring (bicyclic) bond motifs is 1. The van der Waals surface area contributed by atoms with Crippen molar-refractivity contribution in [3.63, 3.8) is 0 Å². The maximum atomic E-state index is 12.5. The number of ether oxygens (including phenoxy) is 2. The van der Waals surface area contributed by atoms with E-state index < -0.39 is 0 Å². The topological polar surface area (TPSA) is 53.4 Å². The predicted molar refractivity (Wildman–Crippen MR) is 108 cm³/mol. The summed E-state index contributed by atoms with van der Waals surface area (Å²) in [5.41, 5.74) is 2.41. The van der Waals surface area contributed by atoms with Crippen LogP contribution < -0.4 is 4.74 Å². The third kappa shape index (κ3) is 3.60. The van der Waals surface area contributed by atoms with E-state index in [4.69, 9.17) is 9.47 Å². The monoisotopic (exact) mass is 372 g/mol. The lowest BCUT2D eigenvalue weighted by Crippen LogP contribution is -2.11. The average molecular weight is 372 g/mol. The Kier molecular flexibility index (Phi) is 5.06. The molecular formula is C23H20N2O3. The van der Waals surface area contributed by atoms with Crippen LogP contribution in [0, 0.1) is 0 Å². The van der Waals surface area contributed by atoms with Gasteiger partial charge in [-0.3, -0.25) is 4.57 Å². The Hall–Kier alpha value is -3.60. The van der Waals surface area contributed by atoms with E-state index in [9.17, 15) is 4.79 Å². The average Bonchev–Trinajstić information content (AvgIpc) is 3.13. The lowest BCUT2D eigenvalue weighted by atomic mass is 10.2. The van der Waals surface area contributed by atoms with Gasteiger partial charge in [0.2, 0.25) is 0 Å². The van der Waals surface area contributed by atoms with E-state index in [-0.39, 0.29) is 5.97 Å². The van der Waals surface area contributed by atoms with Crippen LogP contribution in [0.1, 0.15) is 23.0 Å². The molecule has 0 saturated carbocycles. The molecule has 0 amide bonds. The van der Waals surface area contributed by atoms with Crippen LogP contribution >= 0.6 is 0 Å². The molecule has 0 saturated heterocycles. The second kappa shape index (κ2) is 7.96. The lowest BCUT2D eigenvalue weighted by molar-refractivity contribution is 0.0517. The van der Waals surface area contributed by atoms with Crippen LogP contribution in [-0.4, -0.2) is 22.1 Å². The fourth-order valence-corrected chi connectivity index (χ4v) is 3.11. The summed E-state index contributed by atoms with van der Waals surface area (Å²) in [5.74, 6) is 1.03. The third-order valence-corrected chi connectivity index (χ3v) is 4.38. The van der Waals surface area contributed by atoms with Crippen molar-refractivity contribution in [3.8, 4) is 11.6 Å². The fourth-order valence-electron chi connectivity index (χ4n) is 3.11. The normalized spacial score (nSPS) is 10.8. The molecule has 4 rings (SSSR count). The molecule has 0 fully saturated rings. The first kappa shape index (κ1) is 17.8. The van der Waals surface area contributed by atoms with E-state index in [2.05, 4.69) is 4.98 Å². The smallest absolute Gasteiger partial charge is 0.355 e. The lowest BCUT2D eigenvalue weighted by Gasteiger charge is -2.10. The molecule has 0 aliphatic heterocycles. The molecule has 0 N–H and O–H groups in total. The minimum absolute atomic E-state index is 0.314. The highest BCUT2D eigenvalue weighted by atomic mass is 16.5. The highest BCUT2D eigenvalue weighted by molar-refractivity contribution is 5.97. The molecule has 0 atom stereocenters. The first-order chi connectivity index (χ1) is 13.8. The summed E-state index contributed by atoms with van der Waals surface area (Å²) in [7, 11) is 0. The van der Waals surface area contributed by atoms with Gasteiger partial charge in [-0.25, -0.2) is 9.78 Å². The zero-order chi connectivity index (χ0) is 19.3. The number of aromatic nitrogens is 2. The van der Waals surface area contributed by atoms with Gasteiger partial charge >= 0.3 is 5.97 Å². The predicted octanol–water partition coefficient (Wildman–Crippen LogP) is 4.78. The Morgan fingerprint density at radius 1 is 1.00 bits per heavy atom. The van der Waals surface area contributed by atoms with Gasteiger partial charge in [0.25, 0.3) is 0 Å². The molecule has 4 aromatic rings. The number of nitrogens with zero attached hydrogens (tertiary/aromatic N) is 2. The van der Waals surface area contributed by atoms with Gasteiger partial charge in [0.15, 0.2) is 0 Å². The fraction of sp³-hybridized carbons (Fsp3) is 0.130. The molecule has 5 nitrogen and oxygen atoms in total. The molecule has 2 aromatic heterocycles. The maximum absolute atomic E-state index is 12.5. The Morgan fingerprint density at radius 3 is 2.57 bits per heavy atom. The van der Waals surface area contributed by atoms with E-state index in [0.717, 1.165) is 22.2 Å². The second-order valence-electron chi connectivity index (χ2n) is 6.27. The highest BCUT2D eigenvalue weighted by Gasteiger charge is 2.19. The summed E-state index contributed by atoms with van der Waals surface area (Å²) in [6, 6.07) is 23.2. The van der Waals surface area contributed by atoms with Crippen molar-refractivity contribution in [2.24, 2.45) is 0 Å². The molecular weight excluding hydrogens is 352 g/mol. The van der Waals surface area contributed by atoms with Crippen molar-refractivity contribution in [2.75, 3.05) is 6.61 Å². The summed E-state index contributed by atoms with van der Waals surface area (Å²) in [5, 5.41) is 0.888. The van der Waals surface area contributed by atoms with Crippen LogP contribution in [0.15, 0.2) is 79.0 Å². The number of hydrogen-bond acceptors (Lipinski definition) is 4. The summed E-state index contributed by atoms with van der Waals surface area (Å²) < 4.78 is 13.0. The first-order valence-electron chi connectivity index (χ1n) is 9.17. The van der Waals surface area contributed by atoms with Crippen molar-refractivity contribution >= 4 is 16.9 Å². The van der Waals surface area contributed by atoms with Crippen molar-refractivity contribution in [1.82, 2.24) is 9.55 Å². The molecule has 2 aromatic carbocycles. The number of rotatable bonds is 6. The Labute approximate surface area is 163 Å². The number of pyridine rings is 1. The zero-order valence-electron chi connectivity index (χ0n) is 15.5. The van der Waals surface area contributed by atoms with Crippen molar-refractivity contribution < 1.29 is 14.3 Å². The molecule has 0 radical (unpaired) electrons. The minimum Gasteiger partial charge on any atom is -0.489 e. The summed E-state index contributed by atoms with van der Waals surface area (Å²) in [6.45, 7) is 2.59. The van der Waals surface area contributed by atoms with E-state index >= 15 is 0 Å². The number of esters is 1. The van der Waals surface area contributed by atoms with Gasteiger partial charge in [0.1, 0.15) is 23.9 Å². The number of carbonyl (C=O) groups excluding carboxylic acids is 1. The largest absolute Gasteiger partial charge is 0.489 e. The molecule has 2 heterocycles. The summed E-state index contributed by atoms with van der Waals surface area (Å²) in [4.78, 5) is 16.9. The maximum Gasteiger partial charge on any atom is 0.355 e. The number of benzene rings is 2. The number of hydrogen-bond donors (Lipinski definition) is 0. The van der Waals surface area contributed by atoms with Gasteiger partial charge in [-0.1, -0.05) is 36.4 Å². The van der Waals surface area contributed by atoms with Crippen molar-refractivity contribution in [2.45, 2.75) is 13.5 Å². The van der Waals surface area contributed by atoms with Crippen molar-refractivity contribution in [1.29, 1.82) is 0 Å². The quantitative estimate of drug-likeness (QED) is 0.457. The Bertz CT molecular complexity index is 1090. The van der Waals surface area contributed by atoms with Gasteiger partial charge in [0, 0.05) is 11.6 Å². The van der Waals surface area contributed by atoms with Crippen molar-refractivity contribution in [3.05, 3.63) is 90.3 Å². The van der Waals surface area contributed by atoms with E-state index in [1.165, 1.54) is 0 Å². The van der Waals surface area contributed by atoms with Gasteiger partial charge in [-0.2, -0.15) is 0 Å². The van der Waals surface area contributed by atoms with E-state index in [1.807, 2.05) is 77.4 Å². The summed E-state index contributed by atoms with van der Waals surface area (Å²) in [6.07, 6.45) is 1.70. The molecule has 0 aliphatic carbocycles. The zero-order valence-corrected chi connectivity index (χ0v) is 15.5. The van der Waals surface area contributed by atoms with Gasteiger partial charge in [0.05, 0.1) is 12.1 Å². The first-order valence-corrected chi connectivity index (χ1v) is 9.17. The molecule has 0 bridgehead atoms. The molecule has 0 unspecified atom stereocenters. The molecule has 140 valence electrons. The minimum atomic E-state index is -0.379. The van der Waals surface area contributed by atoms with Crippen LogP contribution in [0.25, 0.3) is 16.7 Å². The second-order valence-corrected chi connectivity index (χ2v) is 6.27. The van der Waals surface area contributed by atoms with E-state index in [0.29, 0.717) is 24.7 Å². The van der Waals surface area contributed by atoms with Gasteiger partial charge in [-0.05, 0) is 48.9 Å². The molecule has 0 spiro atoms. The third-order valence-electron chi connectivity index (χ3n) is 4.38.